The fourth-order valence-electron chi connectivity index (χ4n) is 4.08. The summed E-state index contributed by atoms with van der Waals surface area (Å²) in [5.41, 5.74) is 2.55. The van der Waals surface area contributed by atoms with Crippen LogP contribution in [0, 0.1) is 5.82 Å². The first-order chi connectivity index (χ1) is 16.8. The Balaban J connectivity index is 1.46. The molecule has 182 valence electrons. The number of carbonyl (C=O) groups excluding carboxylic acids is 2. The Kier molecular flexibility index (Phi) is 7.57. The third-order valence-corrected chi connectivity index (χ3v) is 7.76. The van der Waals surface area contributed by atoms with E-state index in [1.165, 1.54) is 16.4 Å². The molecular weight excluding hydrogens is 471 g/mol. The van der Waals surface area contributed by atoms with Crippen molar-refractivity contribution in [2.45, 2.75) is 30.3 Å². The maximum absolute atomic E-state index is 13.4. The molecule has 1 heterocycles. The number of carbonyl (C=O) groups is 2. The van der Waals surface area contributed by atoms with Crippen LogP contribution < -0.4 is 5.32 Å². The van der Waals surface area contributed by atoms with Crippen molar-refractivity contribution in [1.29, 1.82) is 0 Å². The van der Waals surface area contributed by atoms with E-state index in [9.17, 15) is 22.4 Å². The monoisotopic (exact) mass is 496 g/mol. The summed E-state index contributed by atoms with van der Waals surface area (Å²) >= 11 is 0. The van der Waals surface area contributed by atoms with Crippen LogP contribution in [-0.2, 0) is 37.3 Å². The summed E-state index contributed by atoms with van der Waals surface area (Å²) in [5.74, 6) is -1.69. The highest BCUT2D eigenvalue weighted by molar-refractivity contribution is 7.89. The van der Waals surface area contributed by atoms with Crippen LogP contribution >= 0.6 is 0 Å². The highest BCUT2D eigenvalue weighted by Gasteiger charge is 2.37. The zero-order valence-corrected chi connectivity index (χ0v) is 19.7. The highest BCUT2D eigenvalue weighted by Crippen LogP contribution is 2.36. The Hall–Kier alpha value is -3.56. The van der Waals surface area contributed by atoms with Gasteiger partial charge in [-0.15, -0.1) is 0 Å². The third kappa shape index (κ3) is 5.93. The lowest BCUT2D eigenvalue weighted by molar-refractivity contribution is -0.149. The molecule has 0 radical (unpaired) electrons. The molecule has 1 aliphatic heterocycles. The number of nitrogens with zero attached hydrogens (tertiary/aromatic N) is 1. The van der Waals surface area contributed by atoms with Crippen molar-refractivity contribution in [1.82, 2.24) is 9.62 Å². The quantitative estimate of drug-likeness (QED) is 0.483. The summed E-state index contributed by atoms with van der Waals surface area (Å²) in [7, 11) is -4.01. The topological polar surface area (TPSA) is 92.8 Å². The molecule has 3 aromatic carbocycles. The molecule has 1 unspecified atom stereocenters. The zero-order valence-electron chi connectivity index (χ0n) is 18.9. The van der Waals surface area contributed by atoms with E-state index in [1.54, 1.807) is 12.1 Å². The molecule has 0 bridgehead atoms. The molecule has 3 aromatic rings. The van der Waals surface area contributed by atoms with Crippen molar-refractivity contribution in [2.24, 2.45) is 0 Å². The maximum atomic E-state index is 13.4. The number of esters is 1. The van der Waals surface area contributed by atoms with E-state index in [0.717, 1.165) is 23.3 Å². The lowest BCUT2D eigenvalue weighted by atomic mass is 9.92. The summed E-state index contributed by atoms with van der Waals surface area (Å²) in [4.78, 5) is 24.7. The predicted molar refractivity (Wildman–Crippen MR) is 127 cm³/mol. The van der Waals surface area contributed by atoms with Crippen LogP contribution in [-0.4, -0.2) is 37.8 Å². The van der Waals surface area contributed by atoms with Gasteiger partial charge < -0.3 is 10.1 Å². The SMILES string of the molecule is O=C(COC(=O)CC1c2ccccc2CCN1S(=O)(=O)c1ccc(F)cc1)NCc1ccccc1. The van der Waals surface area contributed by atoms with Gasteiger partial charge in [0.15, 0.2) is 6.61 Å². The van der Waals surface area contributed by atoms with Crippen LogP contribution in [0.5, 0.6) is 0 Å². The van der Waals surface area contributed by atoms with Crippen molar-refractivity contribution >= 4 is 21.9 Å². The van der Waals surface area contributed by atoms with Gasteiger partial charge in [0, 0.05) is 13.1 Å². The van der Waals surface area contributed by atoms with Gasteiger partial charge in [0.05, 0.1) is 17.4 Å². The van der Waals surface area contributed by atoms with Crippen molar-refractivity contribution in [3.63, 3.8) is 0 Å². The summed E-state index contributed by atoms with van der Waals surface area (Å²) in [5, 5.41) is 2.68. The molecule has 1 N–H and O–H groups in total. The van der Waals surface area contributed by atoms with Crippen LogP contribution in [0.3, 0.4) is 0 Å². The fraction of sp³-hybridized carbons (Fsp3) is 0.231. The van der Waals surface area contributed by atoms with Gasteiger partial charge in [0.2, 0.25) is 10.0 Å². The number of amides is 1. The third-order valence-electron chi connectivity index (χ3n) is 5.84. The van der Waals surface area contributed by atoms with Gasteiger partial charge in [-0.05, 0) is 47.4 Å². The van der Waals surface area contributed by atoms with Gasteiger partial charge in [0.25, 0.3) is 5.91 Å². The molecule has 0 aliphatic carbocycles. The minimum atomic E-state index is -4.01. The second-order valence-corrected chi connectivity index (χ2v) is 10.1. The molecule has 1 aliphatic rings. The summed E-state index contributed by atoms with van der Waals surface area (Å²) in [6.07, 6.45) is 0.216. The van der Waals surface area contributed by atoms with Gasteiger partial charge in [-0.25, -0.2) is 12.8 Å². The van der Waals surface area contributed by atoms with Gasteiger partial charge in [-0.3, -0.25) is 9.59 Å². The molecule has 1 amide bonds. The molecule has 35 heavy (non-hydrogen) atoms. The molecule has 0 saturated heterocycles. The lowest BCUT2D eigenvalue weighted by Gasteiger charge is -2.36. The Labute approximate surface area is 203 Å². The van der Waals surface area contributed by atoms with Crippen molar-refractivity contribution in [3.05, 3.63) is 101 Å². The molecule has 0 fully saturated rings. The standard InChI is InChI=1S/C26H25FN2O5S/c27-21-10-12-22(13-11-21)35(32,33)29-15-14-20-8-4-5-9-23(20)24(29)16-26(31)34-18-25(30)28-17-19-6-2-1-3-7-19/h1-13,24H,14-18H2,(H,28,30). The first kappa shape index (κ1) is 24.6. The zero-order chi connectivity index (χ0) is 24.8. The van der Waals surface area contributed by atoms with E-state index in [4.69, 9.17) is 4.74 Å². The first-order valence-electron chi connectivity index (χ1n) is 11.2. The molecule has 0 spiro atoms. The number of hydrogen-bond acceptors (Lipinski definition) is 5. The van der Waals surface area contributed by atoms with Gasteiger partial charge >= 0.3 is 5.97 Å². The second kappa shape index (κ2) is 10.8. The van der Waals surface area contributed by atoms with E-state index in [-0.39, 0.29) is 17.9 Å². The Morgan fingerprint density at radius 1 is 0.971 bits per heavy atom. The fourth-order valence-corrected chi connectivity index (χ4v) is 5.69. The van der Waals surface area contributed by atoms with Gasteiger partial charge in [-0.1, -0.05) is 54.6 Å². The second-order valence-electron chi connectivity index (χ2n) is 8.16. The molecule has 0 saturated carbocycles. The average molecular weight is 497 g/mol. The number of rotatable bonds is 8. The smallest absolute Gasteiger partial charge is 0.308 e. The van der Waals surface area contributed by atoms with Crippen molar-refractivity contribution in [2.75, 3.05) is 13.2 Å². The average Bonchev–Trinajstić information content (AvgIpc) is 2.87. The Bertz CT molecular complexity index is 1300. The summed E-state index contributed by atoms with van der Waals surface area (Å²) in [6, 6.07) is 20.4. The summed E-state index contributed by atoms with van der Waals surface area (Å²) in [6.45, 7) is -0.00606. The largest absolute Gasteiger partial charge is 0.456 e. The van der Waals surface area contributed by atoms with Crippen LogP contribution in [0.15, 0.2) is 83.8 Å². The molecule has 0 aromatic heterocycles. The Morgan fingerprint density at radius 3 is 2.40 bits per heavy atom. The number of benzene rings is 3. The molecule has 9 heteroatoms. The molecular formula is C26H25FN2O5S. The molecule has 4 rings (SSSR count). The van der Waals surface area contributed by atoms with Crippen molar-refractivity contribution < 1.29 is 27.1 Å². The number of hydrogen-bond donors (Lipinski definition) is 1. The number of fused-ring (bicyclic) bond motifs is 1. The summed E-state index contributed by atoms with van der Waals surface area (Å²) < 4.78 is 46.5. The van der Waals surface area contributed by atoms with E-state index in [2.05, 4.69) is 5.32 Å². The highest BCUT2D eigenvalue weighted by atomic mass is 32.2. The van der Waals surface area contributed by atoms with Gasteiger partial charge in [0.1, 0.15) is 5.82 Å². The van der Waals surface area contributed by atoms with Crippen LogP contribution in [0.1, 0.15) is 29.2 Å². The lowest BCUT2D eigenvalue weighted by Crippen LogP contribution is -2.41. The van der Waals surface area contributed by atoms with E-state index in [0.29, 0.717) is 18.5 Å². The number of ether oxygens (including phenoxy) is 1. The predicted octanol–water partition coefficient (Wildman–Crippen LogP) is 3.36. The first-order valence-corrected chi connectivity index (χ1v) is 12.6. The van der Waals surface area contributed by atoms with Gasteiger partial charge in [-0.2, -0.15) is 4.31 Å². The van der Waals surface area contributed by atoms with Crippen molar-refractivity contribution in [3.8, 4) is 0 Å². The molecule has 7 nitrogen and oxygen atoms in total. The van der Waals surface area contributed by atoms with E-state index >= 15 is 0 Å². The van der Waals surface area contributed by atoms with Crippen LogP contribution in [0.2, 0.25) is 0 Å². The van der Waals surface area contributed by atoms with Crippen LogP contribution in [0.4, 0.5) is 4.39 Å². The Morgan fingerprint density at radius 2 is 1.66 bits per heavy atom. The minimum absolute atomic E-state index is 0.0584. The number of nitrogens with one attached hydrogen (secondary N) is 1. The van der Waals surface area contributed by atoms with E-state index in [1.807, 2.05) is 42.5 Å². The minimum Gasteiger partial charge on any atom is -0.456 e. The number of sulfonamides is 1. The van der Waals surface area contributed by atoms with E-state index < -0.39 is 40.4 Å². The number of halogens is 1. The van der Waals surface area contributed by atoms with Crippen LogP contribution in [0.25, 0.3) is 0 Å². The normalized spacial score (nSPS) is 15.7. The maximum Gasteiger partial charge on any atom is 0.308 e. The molecule has 1 atom stereocenters.